The van der Waals surface area contributed by atoms with Crippen LogP contribution in [0, 0.1) is 0 Å². The maximum Gasteiger partial charge on any atom is 0.264 e. The topological polar surface area (TPSA) is 60.9 Å². The van der Waals surface area contributed by atoms with E-state index < -0.39 is 10.0 Å². The van der Waals surface area contributed by atoms with Crippen LogP contribution in [0.3, 0.4) is 0 Å². The van der Waals surface area contributed by atoms with Gasteiger partial charge in [-0.2, -0.15) is 0 Å². The molecule has 0 bridgehead atoms. The average Bonchev–Trinajstić information content (AvgIpc) is 2.88. The van der Waals surface area contributed by atoms with Crippen LogP contribution in [0.5, 0.6) is 0 Å². The normalized spacial score (nSPS) is 16.3. The molecule has 0 unspecified atom stereocenters. The van der Waals surface area contributed by atoms with Crippen LogP contribution in [0.25, 0.3) is 0 Å². The lowest BCUT2D eigenvalue weighted by Gasteiger charge is -2.36. The van der Waals surface area contributed by atoms with Gasteiger partial charge in [-0.3, -0.25) is 9.10 Å². The zero-order chi connectivity index (χ0) is 23.7. The number of carbonyl (C=O) groups excluding carboxylic acids is 1. The molecule has 3 aromatic carbocycles. The van der Waals surface area contributed by atoms with Crippen molar-refractivity contribution in [2.75, 3.05) is 41.9 Å². The third kappa shape index (κ3) is 4.38. The van der Waals surface area contributed by atoms with Crippen molar-refractivity contribution >= 4 is 38.9 Å². The van der Waals surface area contributed by atoms with Gasteiger partial charge in [0, 0.05) is 49.0 Å². The van der Waals surface area contributed by atoms with Crippen LogP contribution in [-0.4, -0.2) is 51.9 Å². The Balaban J connectivity index is 1.32. The summed E-state index contributed by atoms with van der Waals surface area (Å²) in [6.07, 6.45) is 1.47. The van der Waals surface area contributed by atoms with Crippen molar-refractivity contribution in [1.82, 2.24) is 4.90 Å². The number of amides is 1. The van der Waals surface area contributed by atoms with Crippen molar-refractivity contribution in [3.8, 4) is 0 Å². The van der Waals surface area contributed by atoms with Gasteiger partial charge in [0.15, 0.2) is 0 Å². The first-order valence-electron chi connectivity index (χ1n) is 11.4. The van der Waals surface area contributed by atoms with Gasteiger partial charge >= 0.3 is 0 Å². The molecule has 2 aliphatic rings. The number of anilines is 2. The second kappa shape index (κ2) is 9.31. The minimum absolute atomic E-state index is 0.0171. The molecule has 34 heavy (non-hydrogen) atoms. The largest absolute Gasteiger partial charge is 0.368 e. The Kier molecular flexibility index (Phi) is 6.23. The number of nitrogens with zero attached hydrogens (tertiary/aromatic N) is 3. The number of benzene rings is 3. The van der Waals surface area contributed by atoms with Crippen molar-refractivity contribution in [2.24, 2.45) is 0 Å². The molecule has 176 valence electrons. The molecule has 2 heterocycles. The monoisotopic (exact) mass is 495 g/mol. The Morgan fingerprint density at radius 1 is 0.824 bits per heavy atom. The van der Waals surface area contributed by atoms with E-state index in [1.54, 1.807) is 42.5 Å². The second-order valence-electron chi connectivity index (χ2n) is 8.60. The number of carbonyl (C=O) groups is 1. The molecular formula is C26H26ClN3O3S. The summed E-state index contributed by atoms with van der Waals surface area (Å²) in [7, 11) is -3.64. The lowest BCUT2D eigenvalue weighted by atomic mass is 10.00. The Bertz CT molecular complexity index is 1310. The minimum Gasteiger partial charge on any atom is -0.368 e. The number of sulfonamides is 1. The number of piperazine rings is 1. The van der Waals surface area contributed by atoms with Gasteiger partial charge in [0.1, 0.15) is 0 Å². The highest BCUT2D eigenvalue weighted by molar-refractivity contribution is 7.92. The first-order valence-corrected chi connectivity index (χ1v) is 13.3. The Hall–Kier alpha value is -3.03. The Morgan fingerprint density at radius 2 is 1.59 bits per heavy atom. The molecule has 1 fully saturated rings. The number of hydrogen-bond donors (Lipinski definition) is 0. The van der Waals surface area contributed by atoms with Crippen LogP contribution in [0.1, 0.15) is 22.3 Å². The highest BCUT2D eigenvalue weighted by atomic mass is 35.5. The van der Waals surface area contributed by atoms with Gasteiger partial charge in [0.2, 0.25) is 0 Å². The third-order valence-corrected chi connectivity index (χ3v) is 8.54. The van der Waals surface area contributed by atoms with Gasteiger partial charge in [-0.25, -0.2) is 8.42 Å². The third-order valence-electron chi connectivity index (χ3n) is 6.47. The van der Waals surface area contributed by atoms with Gasteiger partial charge in [0.05, 0.1) is 10.6 Å². The number of aryl methyl sites for hydroxylation is 1. The summed E-state index contributed by atoms with van der Waals surface area (Å²) >= 11 is 6.12. The van der Waals surface area contributed by atoms with Crippen LogP contribution < -0.4 is 9.21 Å². The fourth-order valence-corrected chi connectivity index (χ4v) is 6.43. The predicted octanol–water partition coefficient (Wildman–Crippen LogP) is 4.44. The first kappa shape index (κ1) is 22.7. The molecule has 1 amide bonds. The molecule has 2 aliphatic heterocycles. The van der Waals surface area contributed by atoms with Crippen LogP contribution >= 0.6 is 11.6 Å². The van der Waals surface area contributed by atoms with Gasteiger partial charge < -0.3 is 9.80 Å². The molecule has 0 atom stereocenters. The van der Waals surface area contributed by atoms with Crippen molar-refractivity contribution in [1.29, 1.82) is 0 Å². The number of fused-ring (bicyclic) bond motifs is 1. The summed E-state index contributed by atoms with van der Waals surface area (Å²) in [5, 5.41) is 0.702. The van der Waals surface area contributed by atoms with E-state index in [1.165, 1.54) is 4.31 Å². The summed E-state index contributed by atoms with van der Waals surface area (Å²) in [6.45, 7) is 3.15. The molecule has 5 rings (SSSR count). The number of hydrogen-bond acceptors (Lipinski definition) is 4. The molecule has 0 radical (unpaired) electrons. The lowest BCUT2D eigenvalue weighted by molar-refractivity contribution is 0.0746. The molecule has 0 spiro atoms. The van der Waals surface area contributed by atoms with Crippen LogP contribution in [0.15, 0.2) is 77.7 Å². The first-order chi connectivity index (χ1) is 16.4. The van der Waals surface area contributed by atoms with Gasteiger partial charge in [-0.05, 0) is 66.9 Å². The molecule has 1 saturated heterocycles. The minimum atomic E-state index is -3.64. The Morgan fingerprint density at radius 3 is 2.32 bits per heavy atom. The molecule has 6 nitrogen and oxygen atoms in total. The molecule has 0 aromatic heterocycles. The molecule has 0 saturated carbocycles. The van der Waals surface area contributed by atoms with Crippen molar-refractivity contribution in [2.45, 2.75) is 17.7 Å². The molecular weight excluding hydrogens is 470 g/mol. The van der Waals surface area contributed by atoms with E-state index in [2.05, 4.69) is 4.90 Å². The van der Waals surface area contributed by atoms with Crippen molar-refractivity contribution < 1.29 is 13.2 Å². The second-order valence-corrected chi connectivity index (χ2v) is 10.9. The van der Waals surface area contributed by atoms with Crippen molar-refractivity contribution in [3.05, 3.63) is 88.9 Å². The lowest BCUT2D eigenvalue weighted by Crippen LogP contribution is -2.48. The quantitative estimate of drug-likeness (QED) is 0.536. The van der Waals surface area contributed by atoms with Crippen LogP contribution in [0.2, 0.25) is 5.02 Å². The number of halogens is 1. The standard InChI is InChI=1S/C26H26ClN3O3S/c27-22-7-4-8-23(19-22)28-14-16-29(17-15-28)26(31)21-11-12-25-20(18-21)6-5-13-30(25)34(32,33)24-9-2-1-3-10-24/h1-4,7-12,18-19H,5-6,13-17H2. The SMILES string of the molecule is O=C(c1ccc2c(c1)CCCN2S(=O)(=O)c1ccccc1)N1CCN(c2cccc(Cl)c2)CC1. The molecule has 0 N–H and O–H groups in total. The molecule has 3 aromatic rings. The fraction of sp³-hybridized carbons (Fsp3) is 0.269. The summed E-state index contributed by atoms with van der Waals surface area (Å²) in [5.41, 5.74) is 3.23. The average molecular weight is 496 g/mol. The maximum atomic E-state index is 13.2. The van der Waals surface area contributed by atoms with Gasteiger partial charge in [-0.1, -0.05) is 35.9 Å². The summed E-state index contributed by atoms with van der Waals surface area (Å²) in [6, 6.07) is 21.7. The van der Waals surface area contributed by atoms with Gasteiger partial charge in [-0.15, -0.1) is 0 Å². The van der Waals surface area contributed by atoms with E-state index >= 15 is 0 Å². The molecule has 0 aliphatic carbocycles. The fourth-order valence-electron chi connectivity index (χ4n) is 4.69. The van der Waals surface area contributed by atoms with E-state index in [0.29, 0.717) is 35.9 Å². The summed E-state index contributed by atoms with van der Waals surface area (Å²) in [5.74, 6) is -0.0171. The smallest absolute Gasteiger partial charge is 0.264 e. The molecule has 8 heteroatoms. The highest BCUT2D eigenvalue weighted by Gasteiger charge is 2.30. The number of rotatable bonds is 4. The summed E-state index contributed by atoms with van der Waals surface area (Å²) in [4.78, 5) is 17.6. The summed E-state index contributed by atoms with van der Waals surface area (Å²) < 4.78 is 27.9. The van der Waals surface area contributed by atoms with Gasteiger partial charge in [0.25, 0.3) is 15.9 Å². The van der Waals surface area contributed by atoms with E-state index in [9.17, 15) is 13.2 Å². The van der Waals surface area contributed by atoms with E-state index in [-0.39, 0.29) is 10.8 Å². The zero-order valence-corrected chi connectivity index (χ0v) is 20.3. The van der Waals surface area contributed by atoms with E-state index in [0.717, 1.165) is 37.2 Å². The Labute approximate surface area is 205 Å². The van der Waals surface area contributed by atoms with Crippen LogP contribution in [0.4, 0.5) is 11.4 Å². The van der Waals surface area contributed by atoms with Crippen molar-refractivity contribution in [3.63, 3.8) is 0 Å². The predicted molar refractivity (Wildman–Crippen MR) is 135 cm³/mol. The van der Waals surface area contributed by atoms with E-state index in [1.807, 2.05) is 35.2 Å². The van der Waals surface area contributed by atoms with E-state index in [4.69, 9.17) is 11.6 Å². The van der Waals surface area contributed by atoms with Crippen LogP contribution in [-0.2, 0) is 16.4 Å². The highest BCUT2D eigenvalue weighted by Crippen LogP contribution is 2.33. The maximum absolute atomic E-state index is 13.2. The zero-order valence-electron chi connectivity index (χ0n) is 18.7.